The zero-order valence-electron chi connectivity index (χ0n) is 13.6. The van der Waals surface area contributed by atoms with E-state index in [1.807, 2.05) is 12.1 Å². The van der Waals surface area contributed by atoms with E-state index in [0.717, 1.165) is 17.7 Å². The lowest BCUT2D eigenvalue weighted by Crippen LogP contribution is -2.23. The van der Waals surface area contributed by atoms with Gasteiger partial charge < -0.3 is 0 Å². The Morgan fingerprint density at radius 3 is 2.33 bits per heavy atom. The summed E-state index contributed by atoms with van der Waals surface area (Å²) in [6, 6.07) is 13.9. The molecule has 2 aromatic carbocycles. The first-order chi connectivity index (χ1) is 11.5. The van der Waals surface area contributed by atoms with Crippen LogP contribution >= 0.6 is 11.8 Å². The van der Waals surface area contributed by atoms with Crippen LogP contribution in [0.2, 0.25) is 0 Å². The van der Waals surface area contributed by atoms with Gasteiger partial charge in [-0.15, -0.1) is 11.8 Å². The average Bonchev–Trinajstić information content (AvgIpc) is 2.59. The van der Waals surface area contributed by atoms with Gasteiger partial charge in [0.25, 0.3) is 0 Å². The van der Waals surface area contributed by atoms with Crippen molar-refractivity contribution in [3.63, 3.8) is 0 Å². The van der Waals surface area contributed by atoms with E-state index in [1.165, 1.54) is 4.90 Å². The van der Waals surface area contributed by atoms with E-state index in [0.29, 0.717) is 11.1 Å². The molecule has 0 atom stereocenters. The van der Waals surface area contributed by atoms with Crippen molar-refractivity contribution in [2.45, 2.75) is 30.6 Å². The van der Waals surface area contributed by atoms with Crippen LogP contribution in [0.15, 0.2) is 53.4 Å². The molecule has 2 aromatic rings. The first-order valence-electron chi connectivity index (χ1n) is 7.73. The van der Waals surface area contributed by atoms with E-state index in [1.54, 1.807) is 48.2 Å². The van der Waals surface area contributed by atoms with Gasteiger partial charge in [0.05, 0.1) is 11.1 Å². The SMILES string of the molecule is CC1(C)CCSc2ccc(C(=O)OOC(=O)c3ccccc3)cc21. The molecule has 0 saturated heterocycles. The molecule has 0 fully saturated rings. The van der Waals surface area contributed by atoms with Crippen molar-refractivity contribution in [1.29, 1.82) is 0 Å². The fraction of sp³-hybridized carbons (Fsp3) is 0.263. The molecule has 0 N–H and O–H groups in total. The highest BCUT2D eigenvalue weighted by atomic mass is 32.2. The Kier molecular flexibility index (Phi) is 4.62. The van der Waals surface area contributed by atoms with Crippen molar-refractivity contribution in [3.8, 4) is 0 Å². The summed E-state index contributed by atoms with van der Waals surface area (Å²) in [5.74, 6) is -0.301. The molecule has 24 heavy (non-hydrogen) atoms. The number of carbonyl (C=O) groups excluding carboxylic acids is 2. The second kappa shape index (κ2) is 6.69. The van der Waals surface area contributed by atoms with Gasteiger partial charge in [-0.2, -0.15) is 0 Å². The molecule has 1 heterocycles. The van der Waals surface area contributed by atoms with Crippen LogP contribution in [0.1, 0.15) is 46.5 Å². The summed E-state index contributed by atoms with van der Waals surface area (Å²) >= 11 is 1.79. The maximum absolute atomic E-state index is 12.2. The highest BCUT2D eigenvalue weighted by Gasteiger charge is 2.29. The lowest BCUT2D eigenvalue weighted by Gasteiger charge is -2.32. The lowest BCUT2D eigenvalue weighted by atomic mass is 9.81. The number of thioether (sulfide) groups is 1. The summed E-state index contributed by atoms with van der Waals surface area (Å²) in [7, 11) is 0. The summed E-state index contributed by atoms with van der Waals surface area (Å²) < 4.78 is 0. The van der Waals surface area contributed by atoms with E-state index in [2.05, 4.69) is 18.7 Å². The van der Waals surface area contributed by atoms with Crippen molar-refractivity contribution in [1.82, 2.24) is 0 Å². The van der Waals surface area contributed by atoms with Gasteiger partial charge in [-0.1, -0.05) is 32.0 Å². The second-order valence-corrected chi connectivity index (χ2v) is 7.44. The minimum absolute atomic E-state index is 0.0115. The molecule has 5 heteroatoms. The Balaban J connectivity index is 1.71. The van der Waals surface area contributed by atoms with Gasteiger partial charge in [0.2, 0.25) is 0 Å². The van der Waals surface area contributed by atoms with Crippen molar-refractivity contribution in [3.05, 3.63) is 65.2 Å². The van der Waals surface area contributed by atoms with E-state index in [4.69, 9.17) is 4.89 Å². The highest BCUT2D eigenvalue weighted by Crippen LogP contribution is 2.41. The maximum atomic E-state index is 12.2. The number of carbonyl (C=O) groups is 2. The topological polar surface area (TPSA) is 52.6 Å². The van der Waals surface area contributed by atoms with Crippen LogP contribution < -0.4 is 0 Å². The van der Waals surface area contributed by atoms with Gasteiger partial charge in [0.1, 0.15) is 0 Å². The normalized spacial score (nSPS) is 15.2. The molecule has 1 aliphatic heterocycles. The molecule has 0 bridgehead atoms. The predicted octanol–water partition coefficient (Wildman–Crippen LogP) is 4.39. The van der Waals surface area contributed by atoms with Crippen LogP contribution in [0.4, 0.5) is 0 Å². The molecule has 0 spiro atoms. The molecule has 0 saturated carbocycles. The fourth-order valence-electron chi connectivity index (χ4n) is 2.61. The molecule has 4 nitrogen and oxygen atoms in total. The standard InChI is InChI=1S/C19H18O4S/c1-19(2)10-11-24-16-9-8-14(12-15(16)19)18(21)23-22-17(20)13-6-4-3-5-7-13/h3-9,12H,10-11H2,1-2H3. The van der Waals surface area contributed by atoms with Crippen molar-refractivity contribution in [2.24, 2.45) is 0 Å². The molecular formula is C19H18O4S. The van der Waals surface area contributed by atoms with E-state index >= 15 is 0 Å². The Bertz CT molecular complexity index is 768. The van der Waals surface area contributed by atoms with E-state index in [9.17, 15) is 9.59 Å². The monoisotopic (exact) mass is 342 g/mol. The van der Waals surface area contributed by atoms with Crippen molar-refractivity contribution >= 4 is 23.7 Å². The lowest BCUT2D eigenvalue weighted by molar-refractivity contribution is -0.187. The number of fused-ring (bicyclic) bond motifs is 1. The Labute approximate surface area is 145 Å². The Hall–Kier alpha value is -2.27. The zero-order chi connectivity index (χ0) is 17.2. The van der Waals surface area contributed by atoms with Crippen LogP contribution in [0.5, 0.6) is 0 Å². The molecule has 0 aliphatic carbocycles. The molecule has 0 radical (unpaired) electrons. The van der Waals surface area contributed by atoms with Crippen LogP contribution in [0.25, 0.3) is 0 Å². The molecule has 0 unspecified atom stereocenters. The third-order valence-electron chi connectivity index (χ3n) is 4.13. The quantitative estimate of drug-likeness (QED) is 0.598. The van der Waals surface area contributed by atoms with E-state index < -0.39 is 11.9 Å². The molecule has 0 aromatic heterocycles. The second-order valence-electron chi connectivity index (χ2n) is 6.30. The third-order valence-corrected chi connectivity index (χ3v) is 5.21. The van der Waals surface area contributed by atoms with Gasteiger partial charge in [0, 0.05) is 4.90 Å². The van der Waals surface area contributed by atoms with Crippen LogP contribution in [0, 0.1) is 0 Å². The summed E-state index contributed by atoms with van der Waals surface area (Å²) in [5.41, 5.74) is 1.85. The molecule has 124 valence electrons. The number of benzene rings is 2. The van der Waals surface area contributed by atoms with E-state index in [-0.39, 0.29) is 5.41 Å². The minimum Gasteiger partial charge on any atom is -0.242 e. The Morgan fingerprint density at radius 2 is 1.62 bits per heavy atom. The van der Waals surface area contributed by atoms with Crippen LogP contribution in [0.3, 0.4) is 0 Å². The fourth-order valence-corrected chi connectivity index (χ4v) is 4.10. The average molecular weight is 342 g/mol. The maximum Gasteiger partial charge on any atom is 0.386 e. The largest absolute Gasteiger partial charge is 0.386 e. The minimum atomic E-state index is -0.696. The first kappa shape index (κ1) is 16.6. The summed E-state index contributed by atoms with van der Waals surface area (Å²) in [4.78, 5) is 34.5. The van der Waals surface area contributed by atoms with Gasteiger partial charge >= 0.3 is 11.9 Å². The number of hydrogen-bond donors (Lipinski definition) is 0. The molecular weight excluding hydrogens is 324 g/mol. The van der Waals surface area contributed by atoms with Gasteiger partial charge in [-0.3, -0.25) is 0 Å². The van der Waals surface area contributed by atoms with Gasteiger partial charge in [-0.05, 0) is 53.5 Å². The summed E-state index contributed by atoms with van der Waals surface area (Å²) in [6.07, 6.45) is 1.05. The summed E-state index contributed by atoms with van der Waals surface area (Å²) in [5, 5.41) is 0. The number of hydrogen-bond acceptors (Lipinski definition) is 5. The van der Waals surface area contributed by atoms with Crippen molar-refractivity contribution in [2.75, 3.05) is 5.75 Å². The van der Waals surface area contributed by atoms with Crippen LogP contribution in [-0.2, 0) is 15.2 Å². The zero-order valence-corrected chi connectivity index (χ0v) is 14.4. The first-order valence-corrected chi connectivity index (χ1v) is 8.71. The molecule has 1 aliphatic rings. The smallest absolute Gasteiger partial charge is 0.242 e. The summed E-state index contributed by atoms with van der Waals surface area (Å²) in [6.45, 7) is 4.33. The van der Waals surface area contributed by atoms with Crippen molar-refractivity contribution < 1.29 is 19.4 Å². The molecule has 3 rings (SSSR count). The van der Waals surface area contributed by atoms with Crippen LogP contribution in [-0.4, -0.2) is 17.7 Å². The van der Waals surface area contributed by atoms with Gasteiger partial charge in [0.15, 0.2) is 0 Å². The third kappa shape index (κ3) is 3.46. The highest BCUT2D eigenvalue weighted by molar-refractivity contribution is 7.99. The molecule has 0 amide bonds. The predicted molar refractivity (Wildman–Crippen MR) is 92.1 cm³/mol. The Morgan fingerprint density at radius 1 is 0.958 bits per heavy atom. The van der Waals surface area contributed by atoms with Gasteiger partial charge in [-0.25, -0.2) is 19.4 Å². The number of rotatable bonds is 2.